The molecule has 1 aromatic heterocycles. The molecule has 2 aromatic rings. The van der Waals surface area contributed by atoms with E-state index in [1.165, 1.54) is 6.07 Å². The van der Waals surface area contributed by atoms with Crippen molar-refractivity contribution < 1.29 is 27.4 Å². The molecule has 5 rings (SSSR count). The van der Waals surface area contributed by atoms with Gasteiger partial charge in [0.2, 0.25) is 0 Å². The topological polar surface area (TPSA) is 42.4 Å². The summed E-state index contributed by atoms with van der Waals surface area (Å²) in [7, 11) is 0. The highest BCUT2D eigenvalue weighted by Gasteiger charge is 2.52. The lowest BCUT2D eigenvalue weighted by atomic mass is 9.70. The van der Waals surface area contributed by atoms with Crippen LogP contribution in [0.3, 0.4) is 0 Å². The molecule has 0 amide bonds. The molecule has 2 atom stereocenters. The first-order chi connectivity index (χ1) is 15.8. The summed E-state index contributed by atoms with van der Waals surface area (Å²) in [6.07, 6.45) is -1.37. The van der Waals surface area contributed by atoms with Crippen LogP contribution >= 0.6 is 0 Å². The standard InChI is InChI=1S/C27H31F4NO2/c1-14(2)23-21-22(20-18(32-23)12-25(3,4)13-19(20)33)26(9-5-6-10-26)34-24(21)15-7-8-16(17(28)11-15)27(29,30)31/h7-8,11,14,19,24,33H,5-6,9-10,12-13H2,1-4H3/t19?,24-/m1/s1. The van der Waals surface area contributed by atoms with Crippen LogP contribution in [0.15, 0.2) is 18.2 Å². The minimum atomic E-state index is -4.76. The number of alkyl halides is 3. The number of aromatic nitrogens is 1. The molecule has 34 heavy (non-hydrogen) atoms. The van der Waals surface area contributed by atoms with Gasteiger partial charge in [-0.25, -0.2) is 4.39 Å². The number of nitrogens with zero attached hydrogens (tertiary/aromatic N) is 1. The molecule has 0 saturated heterocycles. The van der Waals surface area contributed by atoms with Crippen LogP contribution in [-0.2, 0) is 22.9 Å². The van der Waals surface area contributed by atoms with Crippen LogP contribution in [0.25, 0.3) is 0 Å². The van der Waals surface area contributed by atoms with E-state index in [1.807, 2.05) is 13.8 Å². The number of hydrogen-bond acceptors (Lipinski definition) is 3. The molecule has 2 aliphatic carbocycles. The maximum Gasteiger partial charge on any atom is 0.419 e. The SMILES string of the molecule is CC(C)c1nc2c(c3c1[C@@H](c1ccc(C(F)(F)F)c(F)c1)OC31CCCC1)C(O)CC(C)(C)C2. The Kier molecular flexibility index (Phi) is 5.41. The van der Waals surface area contributed by atoms with Gasteiger partial charge in [-0.15, -0.1) is 0 Å². The highest BCUT2D eigenvalue weighted by Crippen LogP contribution is 2.59. The summed E-state index contributed by atoms with van der Waals surface area (Å²) in [5.41, 5.74) is 2.67. The molecule has 7 heteroatoms. The average molecular weight is 478 g/mol. The van der Waals surface area contributed by atoms with E-state index >= 15 is 0 Å². The Bertz CT molecular complexity index is 1130. The molecule has 3 nitrogen and oxygen atoms in total. The summed E-state index contributed by atoms with van der Waals surface area (Å²) >= 11 is 0. The molecule has 184 valence electrons. The van der Waals surface area contributed by atoms with Gasteiger partial charge in [0.05, 0.1) is 17.3 Å². The zero-order chi connectivity index (χ0) is 24.6. The Balaban J connectivity index is 1.75. The molecule has 1 fully saturated rings. The third kappa shape index (κ3) is 3.67. The van der Waals surface area contributed by atoms with Gasteiger partial charge < -0.3 is 9.84 Å². The molecule has 1 N–H and O–H groups in total. The van der Waals surface area contributed by atoms with Crippen molar-refractivity contribution in [1.82, 2.24) is 4.98 Å². The zero-order valence-corrected chi connectivity index (χ0v) is 20.0. The monoisotopic (exact) mass is 477 g/mol. The molecule has 1 aliphatic heterocycles. The molecule has 1 unspecified atom stereocenters. The molecule has 1 aromatic carbocycles. The van der Waals surface area contributed by atoms with Crippen LogP contribution in [0.2, 0.25) is 0 Å². The molecule has 1 spiro atoms. The normalized spacial score (nSPS) is 25.1. The Labute approximate surface area is 197 Å². The number of fused-ring (bicyclic) bond motifs is 4. The van der Waals surface area contributed by atoms with E-state index in [0.29, 0.717) is 12.0 Å². The van der Waals surface area contributed by atoms with Crippen LogP contribution in [-0.4, -0.2) is 10.1 Å². The number of aliphatic hydroxyl groups excluding tert-OH is 1. The number of benzene rings is 1. The van der Waals surface area contributed by atoms with Gasteiger partial charge in [0.25, 0.3) is 0 Å². The molecule has 0 bridgehead atoms. The van der Waals surface area contributed by atoms with Crippen molar-refractivity contribution in [2.75, 3.05) is 0 Å². The van der Waals surface area contributed by atoms with Crippen molar-refractivity contribution in [3.63, 3.8) is 0 Å². The van der Waals surface area contributed by atoms with Crippen LogP contribution < -0.4 is 0 Å². The number of halogens is 4. The van der Waals surface area contributed by atoms with E-state index in [1.54, 1.807) is 0 Å². The van der Waals surface area contributed by atoms with Crippen molar-refractivity contribution in [2.45, 2.75) is 96.1 Å². The lowest BCUT2D eigenvalue weighted by molar-refractivity contribution is -0.140. The predicted octanol–water partition coefficient (Wildman–Crippen LogP) is 7.26. The average Bonchev–Trinajstić information content (AvgIpc) is 3.31. The Hall–Kier alpha value is -1.99. The Morgan fingerprint density at radius 3 is 2.38 bits per heavy atom. The van der Waals surface area contributed by atoms with Gasteiger partial charge >= 0.3 is 6.18 Å². The summed E-state index contributed by atoms with van der Waals surface area (Å²) in [6, 6.07) is 3.07. The minimum absolute atomic E-state index is 0.0307. The fourth-order valence-electron chi connectivity index (χ4n) is 6.34. The van der Waals surface area contributed by atoms with Gasteiger partial charge in [-0.3, -0.25) is 4.98 Å². The van der Waals surface area contributed by atoms with E-state index in [9.17, 15) is 22.7 Å². The summed E-state index contributed by atoms with van der Waals surface area (Å²) in [5, 5.41) is 11.3. The predicted molar refractivity (Wildman–Crippen MR) is 120 cm³/mol. The van der Waals surface area contributed by atoms with Gasteiger partial charge in [-0.1, -0.05) is 46.6 Å². The van der Waals surface area contributed by atoms with Gasteiger partial charge in [-0.2, -0.15) is 13.2 Å². The maximum absolute atomic E-state index is 14.6. The van der Waals surface area contributed by atoms with Crippen LogP contribution in [0.4, 0.5) is 17.6 Å². The third-order valence-electron chi connectivity index (χ3n) is 7.73. The van der Waals surface area contributed by atoms with Crippen molar-refractivity contribution in [3.8, 4) is 0 Å². The van der Waals surface area contributed by atoms with Crippen LogP contribution in [0, 0.1) is 11.2 Å². The molecular weight excluding hydrogens is 446 g/mol. The van der Waals surface area contributed by atoms with E-state index in [4.69, 9.17) is 9.72 Å². The summed E-state index contributed by atoms with van der Waals surface area (Å²) in [6.45, 7) is 8.31. The Morgan fingerprint density at radius 2 is 1.79 bits per heavy atom. The van der Waals surface area contributed by atoms with Crippen LogP contribution in [0.1, 0.15) is 117 Å². The first kappa shape index (κ1) is 23.7. The second kappa shape index (κ2) is 7.76. The van der Waals surface area contributed by atoms with Gasteiger partial charge in [0.1, 0.15) is 11.9 Å². The Morgan fingerprint density at radius 1 is 1.12 bits per heavy atom. The quantitative estimate of drug-likeness (QED) is 0.463. The van der Waals surface area contributed by atoms with Crippen molar-refractivity contribution >= 4 is 0 Å². The van der Waals surface area contributed by atoms with E-state index in [2.05, 4.69) is 13.8 Å². The second-order valence-corrected chi connectivity index (χ2v) is 11.3. The van der Waals surface area contributed by atoms with E-state index in [-0.39, 0.29) is 11.3 Å². The highest BCUT2D eigenvalue weighted by atomic mass is 19.4. The van der Waals surface area contributed by atoms with Crippen molar-refractivity contribution in [1.29, 1.82) is 0 Å². The van der Waals surface area contributed by atoms with Crippen LogP contribution in [0.5, 0.6) is 0 Å². The number of hydrogen-bond donors (Lipinski definition) is 1. The van der Waals surface area contributed by atoms with Crippen molar-refractivity contribution in [2.24, 2.45) is 5.41 Å². The number of aliphatic hydroxyl groups is 1. The summed E-state index contributed by atoms with van der Waals surface area (Å²) in [5.74, 6) is -1.27. The molecule has 0 radical (unpaired) electrons. The van der Waals surface area contributed by atoms with Crippen molar-refractivity contribution in [3.05, 3.63) is 63.2 Å². The fraction of sp³-hybridized carbons (Fsp3) is 0.593. The fourth-order valence-corrected chi connectivity index (χ4v) is 6.34. The zero-order valence-electron chi connectivity index (χ0n) is 20.0. The number of ether oxygens (including phenoxy) is 1. The lowest BCUT2D eigenvalue weighted by Crippen LogP contribution is -2.32. The van der Waals surface area contributed by atoms with Gasteiger partial charge in [-0.05, 0) is 60.3 Å². The van der Waals surface area contributed by atoms with E-state index < -0.39 is 35.4 Å². The third-order valence-corrected chi connectivity index (χ3v) is 7.73. The number of pyridine rings is 1. The first-order valence-electron chi connectivity index (χ1n) is 12.1. The minimum Gasteiger partial charge on any atom is -0.388 e. The summed E-state index contributed by atoms with van der Waals surface area (Å²) in [4.78, 5) is 5.03. The van der Waals surface area contributed by atoms with E-state index in [0.717, 1.165) is 72.3 Å². The summed E-state index contributed by atoms with van der Waals surface area (Å²) < 4.78 is 60.9. The molecule has 1 saturated carbocycles. The lowest BCUT2D eigenvalue weighted by Gasteiger charge is -2.38. The maximum atomic E-state index is 14.6. The molecule has 3 aliphatic rings. The smallest absolute Gasteiger partial charge is 0.388 e. The van der Waals surface area contributed by atoms with Gasteiger partial charge in [0, 0.05) is 22.5 Å². The highest BCUT2D eigenvalue weighted by molar-refractivity contribution is 5.54. The largest absolute Gasteiger partial charge is 0.419 e. The number of rotatable bonds is 2. The molecular formula is C27H31F4NO2. The van der Waals surface area contributed by atoms with Gasteiger partial charge in [0.15, 0.2) is 0 Å². The first-order valence-corrected chi connectivity index (χ1v) is 12.1. The molecule has 2 heterocycles. The second-order valence-electron chi connectivity index (χ2n) is 11.3.